The van der Waals surface area contributed by atoms with E-state index in [1.54, 1.807) is 22.9 Å². The fraction of sp³-hybridized carbons (Fsp3) is 0.444. The fourth-order valence-electron chi connectivity index (χ4n) is 3.20. The normalized spacial score (nSPS) is 20.8. The van der Waals surface area contributed by atoms with Crippen LogP contribution in [0.5, 0.6) is 0 Å². The molecule has 1 aromatic heterocycles. The lowest BCUT2D eigenvalue weighted by atomic mass is 9.86. The van der Waals surface area contributed by atoms with Gasteiger partial charge in [-0.25, -0.2) is 9.07 Å². The Morgan fingerprint density at radius 2 is 2.08 bits per heavy atom. The second-order valence-corrected chi connectivity index (χ2v) is 6.44. The Morgan fingerprint density at radius 1 is 1.33 bits per heavy atom. The van der Waals surface area contributed by atoms with Gasteiger partial charge in [-0.15, -0.1) is 0 Å². The molecule has 1 aromatic carbocycles. The minimum Gasteiger partial charge on any atom is -0.396 e. The summed E-state index contributed by atoms with van der Waals surface area (Å²) in [6, 6.07) is 7.96. The molecule has 1 saturated carbocycles. The molecule has 0 unspecified atom stereocenters. The SMILES string of the molecule is Cc1cc(C(=O)NC2CCC(CO)CC2)nn1-c1cccc(F)c1. The molecule has 0 saturated heterocycles. The van der Waals surface area contributed by atoms with Gasteiger partial charge in [0.05, 0.1) is 5.69 Å². The Morgan fingerprint density at radius 3 is 2.75 bits per heavy atom. The summed E-state index contributed by atoms with van der Waals surface area (Å²) in [5.74, 6) is -0.192. The van der Waals surface area contributed by atoms with Crippen molar-refractivity contribution in [3.05, 3.63) is 47.5 Å². The van der Waals surface area contributed by atoms with Crippen molar-refractivity contribution < 1.29 is 14.3 Å². The van der Waals surface area contributed by atoms with Crippen molar-refractivity contribution in [2.45, 2.75) is 38.6 Å². The Kier molecular flexibility index (Phi) is 4.94. The Balaban J connectivity index is 1.69. The summed E-state index contributed by atoms with van der Waals surface area (Å²) in [5, 5.41) is 16.5. The lowest BCUT2D eigenvalue weighted by Crippen LogP contribution is -2.38. The van der Waals surface area contributed by atoms with Gasteiger partial charge in [0.15, 0.2) is 5.69 Å². The Hall–Kier alpha value is -2.21. The third-order valence-corrected chi connectivity index (χ3v) is 4.61. The molecule has 6 heteroatoms. The predicted molar refractivity (Wildman–Crippen MR) is 88.6 cm³/mol. The monoisotopic (exact) mass is 331 g/mol. The first-order valence-electron chi connectivity index (χ1n) is 8.31. The highest BCUT2D eigenvalue weighted by atomic mass is 19.1. The maximum atomic E-state index is 13.4. The molecule has 2 N–H and O–H groups in total. The molecule has 0 spiro atoms. The fourth-order valence-corrected chi connectivity index (χ4v) is 3.20. The molecule has 1 amide bonds. The van der Waals surface area contributed by atoms with Crippen molar-refractivity contribution in [1.29, 1.82) is 0 Å². The number of halogens is 1. The Labute approximate surface area is 140 Å². The van der Waals surface area contributed by atoms with Crippen molar-refractivity contribution in [3.63, 3.8) is 0 Å². The molecule has 0 bridgehead atoms. The summed E-state index contributed by atoms with van der Waals surface area (Å²) < 4.78 is 15.0. The summed E-state index contributed by atoms with van der Waals surface area (Å²) in [7, 11) is 0. The maximum Gasteiger partial charge on any atom is 0.272 e. The van der Waals surface area contributed by atoms with E-state index in [0.29, 0.717) is 17.3 Å². The molecule has 2 aromatic rings. The van der Waals surface area contributed by atoms with E-state index in [-0.39, 0.29) is 24.4 Å². The Bertz CT molecular complexity index is 721. The predicted octanol–water partition coefficient (Wildman–Crippen LogP) is 2.60. The molecule has 0 atom stereocenters. The second kappa shape index (κ2) is 7.13. The maximum absolute atomic E-state index is 13.4. The average Bonchev–Trinajstić information content (AvgIpc) is 2.97. The molecule has 0 aliphatic heterocycles. The number of hydrogen-bond acceptors (Lipinski definition) is 3. The van der Waals surface area contributed by atoms with Crippen molar-refractivity contribution in [3.8, 4) is 5.69 Å². The summed E-state index contributed by atoms with van der Waals surface area (Å²) in [5.41, 5.74) is 1.70. The van der Waals surface area contributed by atoms with E-state index in [4.69, 9.17) is 0 Å². The van der Waals surface area contributed by atoms with Crippen molar-refractivity contribution in [1.82, 2.24) is 15.1 Å². The standard InChI is InChI=1S/C18H22FN3O2/c1-12-9-17(21-22(12)16-4-2-3-14(19)10-16)18(24)20-15-7-5-13(11-23)6-8-15/h2-4,9-10,13,15,23H,5-8,11H2,1H3,(H,20,24). The lowest BCUT2D eigenvalue weighted by molar-refractivity contribution is 0.0908. The lowest BCUT2D eigenvalue weighted by Gasteiger charge is -2.27. The first-order valence-corrected chi connectivity index (χ1v) is 8.31. The number of carbonyl (C=O) groups is 1. The zero-order valence-electron chi connectivity index (χ0n) is 13.7. The van der Waals surface area contributed by atoms with Crippen molar-refractivity contribution in [2.24, 2.45) is 5.92 Å². The average molecular weight is 331 g/mol. The smallest absolute Gasteiger partial charge is 0.272 e. The number of nitrogens with zero attached hydrogens (tertiary/aromatic N) is 2. The van der Waals surface area contributed by atoms with Crippen LogP contribution in [0.2, 0.25) is 0 Å². The number of rotatable bonds is 4. The summed E-state index contributed by atoms with van der Waals surface area (Å²) >= 11 is 0. The van der Waals surface area contributed by atoms with E-state index in [1.807, 2.05) is 6.92 Å². The molecule has 1 fully saturated rings. The summed E-state index contributed by atoms with van der Waals surface area (Å²) in [4.78, 5) is 12.4. The second-order valence-electron chi connectivity index (χ2n) is 6.44. The highest BCUT2D eigenvalue weighted by molar-refractivity contribution is 5.92. The van der Waals surface area contributed by atoms with Gasteiger partial charge in [0.1, 0.15) is 5.82 Å². The third kappa shape index (κ3) is 3.64. The van der Waals surface area contributed by atoms with E-state index in [0.717, 1.165) is 31.4 Å². The first-order chi connectivity index (χ1) is 11.6. The summed E-state index contributed by atoms with van der Waals surface area (Å²) in [6.45, 7) is 2.05. The zero-order valence-corrected chi connectivity index (χ0v) is 13.7. The molecule has 1 heterocycles. The minimum atomic E-state index is -0.339. The van der Waals surface area contributed by atoms with Gasteiger partial charge in [-0.05, 0) is 62.8 Å². The topological polar surface area (TPSA) is 67.2 Å². The first kappa shape index (κ1) is 16.6. The van der Waals surface area contributed by atoms with Crippen molar-refractivity contribution in [2.75, 3.05) is 6.61 Å². The van der Waals surface area contributed by atoms with Crippen LogP contribution in [0.15, 0.2) is 30.3 Å². The zero-order chi connectivity index (χ0) is 17.1. The van der Waals surface area contributed by atoms with Crippen LogP contribution in [-0.2, 0) is 0 Å². The number of hydrogen-bond donors (Lipinski definition) is 2. The van der Waals surface area contributed by atoms with Crippen LogP contribution < -0.4 is 5.32 Å². The van der Waals surface area contributed by atoms with Gasteiger partial charge in [0.25, 0.3) is 5.91 Å². The molecular weight excluding hydrogens is 309 g/mol. The number of aromatic nitrogens is 2. The number of amides is 1. The third-order valence-electron chi connectivity index (χ3n) is 4.61. The molecule has 128 valence electrons. The molecule has 1 aliphatic rings. The number of aliphatic hydroxyl groups excluding tert-OH is 1. The van der Waals surface area contributed by atoms with Crippen molar-refractivity contribution >= 4 is 5.91 Å². The highest BCUT2D eigenvalue weighted by Gasteiger charge is 2.23. The van der Waals surface area contributed by atoms with Crippen LogP contribution in [0.25, 0.3) is 5.69 Å². The van der Waals surface area contributed by atoms with E-state index in [1.165, 1.54) is 12.1 Å². The minimum absolute atomic E-state index is 0.125. The molecule has 3 rings (SSSR count). The molecular formula is C18H22FN3O2. The number of carbonyl (C=O) groups excluding carboxylic acids is 1. The molecule has 5 nitrogen and oxygen atoms in total. The largest absolute Gasteiger partial charge is 0.396 e. The van der Waals surface area contributed by atoms with Gasteiger partial charge in [-0.3, -0.25) is 4.79 Å². The molecule has 1 aliphatic carbocycles. The number of aliphatic hydroxyl groups is 1. The highest BCUT2D eigenvalue weighted by Crippen LogP contribution is 2.24. The van der Waals surface area contributed by atoms with E-state index in [2.05, 4.69) is 10.4 Å². The van der Waals surface area contributed by atoms with Crippen LogP contribution in [0.3, 0.4) is 0 Å². The van der Waals surface area contributed by atoms with Crippen LogP contribution in [0, 0.1) is 18.7 Å². The van der Waals surface area contributed by atoms with Crippen LogP contribution in [-0.4, -0.2) is 33.4 Å². The molecule has 24 heavy (non-hydrogen) atoms. The number of nitrogens with one attached hydrogen (secondary N) is 1. The van der Waals surface area contributed by atoms with Gasteiger partial charge >= 0.3 is 0 Å². The van der Waals surface area contributed by atoms with Crippen LogP contribution in [0.1, 0.15) is 41.9 Å². The number of aryl methyl sites for hydroxylation is 1. The van der Waals surface area contributed by atoms with E-state index in [9.17, 15) is 14.3 Å². The summed E-state index contributed by atoms with van der Waals surface area (Å²) in [6.07, 6.45) is 3.61. The van der Waals surface area contributed by atoms with E-state index >= 15 is 0 Å². The van der Waals surface area contributed by atoms with Crippen LogP contribution >= 0.6 is 0 Å². The van der Waals surface area contributed by atoms with E-state index < -0.39 is 0 Å². The van der Waals surface area contributed by atoms with Gasteiger partial charge < -0.3 is 10.4 Å². The van der Waals surface area contributed by atoms with Gasteiger partial charge in [0.2, 0.25) is 0 Å². The van der Waals surface area contributed by atoms with Gasteiger partial charge in [-0.2, -0.15) is 5.10 Å². The quantitative estimate of drug-likeness (QED) is 0.905. The van der Waals surface area contributed by atoms with Crippen LogP contribution in [0.4, 0.5) is 4.39 Å². The molecule has 0 radical (unpaired) electrons. The van der Waals surface area contributed by atoms with Gasteiger partial charge in [-0.1, -0.05) is 6.07 Å². The van der Waals surface area contributed by atoms with Gasteiger partial charge in [0, 0.05) is 18.3 Å². The number of benzene rings is 1.